The molecule has 1 aliphatic carbocycles. The molecule has 1 saturated carbocycles. The van der Waals surface area contributed by atoms with Gasteiger partial charge < -0.3 is 14.4 Å². The summed E-state index contributed by atoms with van der Waals surface area (Å²) in [4.78, 5) is 25.2. The molecule has 0 spiro atoms. The van der Waals surface area contributed by atoms with Crippen LogP contribution in [-0.2, 0) is 19.1 Å². The van der Waals surface area contributed by atoms with Crippen LogP contribution in [0.1, 0.15) is 85.5 Å². The number of ketones is 1. The first-order chi connectivity index (χ1) is 13.4. The average Bonchev–Trinajstić information content (AvgIpc) is 2.71. The van der Waals surface area contributed by atoms with E-state index >= 15 is 0 Å². The van der Waals surface area contributed by atoms with E-state index in [0.29, 0.717) is 37.9 Å². The maximum atomic E-state index is 11.8. The molecule has 5 nitrogen and oxygen atoms in total. The Morgan fingerprint density at radius 1 is 0.857 bits per heavy atom. The zero-order chi connectivity index (χ0) is 20.8. The van der Waals surface area contributed by atoms with Gasteiger partial charge in [-0.05, 0) is 46.0 Å². The first kappa shape index (κ1) is 25.1. The molecule has 2 fully saturated rings. The highest BCUT2D eigenvalue weighted by atomic mass is 16.5. The molecule has 0 atom stereocenters. The summed E-state index contributed by atoms with van der Waals surface area (Å²) in [5.41, 5.74) is 0. The van der Waals surface area contributed by atoms with Crippen LogP contribution in [0.25, 0.3) is 0 Å². The number of hydrogen-bond donors (Lipinski definition) is 0. The van der Waals surface area contributed by atoms with E-state index in [1.165, 1.54) is 25.7 Å². The molecule has 0 N–H and O–H groups in total. The van der Waals surface area contributed by atoms with Crippen LogP contribution in [0.15, 0.2) is 0 Å². The monoisotopic (exact) mass is 397 g/mol. The number of piperidine rings is 1. The van der Waals surface area contributed by atoms with E-state index in [1.54, 1.807) is 0 Å². The van der Waals surface area contributed by atoms with Gasteiger partial charge in [-0.15, -0.1) is 0 Å². The van der Waals surface area contributed by atoms with Gasteiger partial charge in [0, 0.05) is 24.9 Å². The molecule has 0 radical (unpaired) electrons. The van der Waals surface area contributed by atoms with E-state index in [4.69, 9.17) is 9.47 Å². The molecule has 1 aliphatic heterocycles. The second-order valence-electron chi connectivity index (χ2n) is 8.62. The van der Waals surface area contributed by atoms with E-state index in [0.717, 1.165) is 38.8 Å². The molecule has 0 bridgehead atoms. The van der Waals surface area contributed by atoms with Crippen LogP contribution < -0.4 is 0 Å². The standard InChI is InChI=1S/C13H25NO3.C10H18O/c1-12(2)17-11-10-16-9-6-13(15)14-7-4-3-5-8-14;1-8(2)10(11)9-6-4-3-5-7-9/h12H,3-11H2,1-2H3;8-9H,3-7H2,1-2H3. The van der Waals surface area contributed by atoms with Crippen LogP contribution in [0.3, 0.4) is 0 Å². The van der Waals surface area contributed by atoms with Gasteiger partial charge in [0.25, 0.3) is 0 Å². The third-order valence-electron chi connectivity index (χ3n) is 5.42. The number of carbonyl (C=O) groups is 2. The van der Waals surface area contributed by atoms with Gasteiger partial charge in [-0.2, -0.15) is 0 Å². The molecule has 1 amide bonds. The lowest BCUT2D eigenvalue weighted by Crippen LogP contribution is -2.36. The van der Waals surface area contributed by atoms with Gasteiger partial charge in [-0.25, -0.2) is 0 Å². The summed E-state index contributed by atoms with van der Waals surface area (Å²) >= 11 is 0. The fraction of sp³-hybridized carbons (Fsp3) is 0.913. The molecule has 28 heavy (non-hydrogen) atoms. The van der Waals surface area contributed by atoms with Crippen molar-refractivity contribution >= 4 is 11.7 Å². The summed E-state index contributed by atoms with van der Waals surface area (Å²) in [6.07, 6.45) is 10.5. The zero-order valence-corrected chi connectivity index (χ0v) is 18.7. The molecular formula is C23H43NO4. The molecular weight excluding hydrogens is 354 g/mol. The zero-order valence-electron chi connectivity index (χ0n) is 18.7. The Hall–Kier alpha value is -0.940. The maximum Gasteiger partial charge on any atom is 0.224 e. The lowest BCUT2D eigenvalue weighted by Gasteiger charge is -2.26. The lowest BCUT2D eigenvalue weighted by molar-refractivity contribution is -0.133. The van der Waals surface area contributed by atoms with Gasteiger partial charge in [0.2, 0.25) is 5.91 Å². The Bertz CT molecular complexity index is 424. The normalized spacial score (nSPS) is 18.1. The van der Waals surface area contributed by atoms with Gasteiger partial charge in [0.05, 0.1) is 32.3 Å². The Morgan fingerprint density at radius 3 is 2.04 bits per heavy atom. The molecule has 164 valence electrons. The Balaban J connectivity index is 0.000000307. The molecule has 0 unspecified atom stereocenters. The van der Waals surface area contributed by atoms with Crippen molar-refractivity contribution in [3.63, 3.8) is 0 Å². The fourth-order valence-corrected chi connectivity index (χ4v) is 3.76. The molecule has 1 heterocycles. The molecule has 0 aromatic rings. The van der Waals surface area contributed by atoms with Crippen molar-refractivity contribution in [2.45, 2.75) is 91.6 Å². The van der Waals surface area contributed by atoms with E-state index in [-0.39, 0.29) is 17.9 Å². The number of ether oxygens (including phenoxy) is 2. The van der Waals surface area contributed by atoms with Crippen molar-refractivity contribution in [3.8, 4) is 0 Å². The quantitative estimate of drug-likeness (QED) is 0.533. The highest BCUT2D eigenvalue weighted by Crippen LogP contribution is 2.26. The summed E-state index contributed by atoms with van der Waals surface area (Å²) < 4.78 is 10.7. The summed E-state index contributed by atoms with van der Waals surface area (Å²) in [5, 5.41) is 0. The second kappa shape index (κ2) is 15.0. The van der Waals surface area contributed by atoms with Gasteiger partial charge in [-0.1, -0.05) is 33.1 Å². The Morgan fingerprint density at radius 2 is 1.46 bits per heavy atom. The van der Waals surface area contributed by atoms with Crippen molar-refractivity contribution in [1.29, 1.82) is 0 Å². The van der Waals surface area contributed by atoms with Crippen molar-refractivity contribution < 1.29 is 19.1 Å². The topological polar surface area (TPSA) is 55.8 Å². The second-order valence-corrected chi connectivity index (χ2v) is 8.62. The van der Waals surface area contributed by atoms with Crippen molar-refractivity contribution in [2.75, 3.05) is 32.9 Å². The first-order valence-corrected chi connectivity index (χ1v) is 11.4. The number of rotatable bonds is 9. The predicted molar refractivity (Wildman–Crippen MR) is 113 cm³/mol. The van der Waals surface area contributed by atoms with E-state index in [9.17, 15) is 9.59 Å². The number of amides is 1. The lowest BCUT2D eigenvalue weighted by atomic mass is 9.83. The van der Waals surface area contributed by atoms with Crippen molar-refractivity contribution in [2.24, 2.45) is 11.8 Å². The highest BCUT2D eigenvalue weighted by molar-refractivity contribution is 5.82. The highest BCUT2D eigenvalue weighted by Gasteiger charge is 2.22. The minimum absolute atomic E-state index is 0.231. The van der Waals surface area contributed by atoms with E-state index in [1.807, 2.05) is 32.6 Å². The molecule has 5 heteroatoms. The number of hydrogen-bond acceptors (Lipinski definition) is 4. The molecule has 0 aromatic heterocycles. The average molecular weight is 398 g/mol. The summed E-state index contributed by atoms with van der Waals surface area (Å²) in [7, 11) is 0. The van der Waals surface area contributed by atoms with Crippen molar-refractivity contribution in [3.05, 3.63) is 0 Å². The molecule has 1 saturated heterocycles. The fourth-order valence-electron chi connectivity index (χ4n) is 3.76. The number of likely N-dealkylation sites (tertiary alicyclic amines) is 1. The van der Waals surface area contributed by atoms with Crippen LogP contribution in [0.4, 0.5) is 0 Å². The molecule has 0 aromatic carbocycles. The molecule has 2 aliphatic rings. The number of carbonyl (C=O) groups excluding carboxylic acids is 2. The summed E-state index contributed by atoms with van der Waals surface area (Å²) in [6, 6.07) is 0. The van der Waals surface area contributed by atoms with Crippen LogP contribution in [-0.4, -0.2) is 55.6 Å². The maximum absolute atomic E-state index is 11.8. The van der Waals surface area contributed by atoms with Crippen LogP contribution in [0, 0.1) is 11.8 Å². The van der Waals surface area contributed by atoms with Gasteiger partial charge in [0.15, 0.2) is 0 Å². The summed E-state index contributed by atoms with van der Waals surface area (Å²) in [6.45, 7) is 11.6. The SMILES string of the molecule is CC(C)C(=O)C1CCCCC1.CC(C)OCCOCCC(=O)N1CCCCC1. The number of Topliss-reactive ketones (excluding diaryl/α,β-unsaturated/α-hetero) is 1. The number of nitrogens with zero attached hydrogens (tertiary/aromatic N) is 1. The van der Waals surface area contributed by atoms with Crippen molar-refractivity contribution in [1.82, 2.24) is 4.90 Å². The van der Waals surface area contributed by atoms with Crippen LogP contribution in [0.2, 0.25) is 0 Å². The first-order valence-electron chi connectivity index (χ1n) is 11.4. The van der Waals surface area contributed by atoms with Crippen LogP contribution in [0.5, 0.6) is 0 Å². The Kier molecular flexibility index (Phi) is 13.4. The van der Waals surface area contributed by atoms with Crippen LogP contribution >= 0.6 is 0 Å². The minimum Gasteiger partial charge on any atom is -0.379 e. The van der Waals surface area contributed by atoms with Gasteiger partial charge >= 0.3 is 0 Å². The van der Waals surface area contributed by atoms with Gasteiger partial charge in [0.1, 0.15) is 5.78 Å². The third kappa shape index (κ3) is 11.2. The third-order valence-corrected chi connectivity index (χ3v) is 5.42. The minimum atomic E-state index is 0.231. The Labute approximate surface area is 172 Å². The molecule has 2 rings (SSSR count). The summed E-state index contributed by atoms with van der Waals surface area (Å²) in [5.74, 6) is 1.38. The van der Waals surface area contributed by atoms with E-state index in [2.05, 4.69) is 0 Å². The van der Waals surface area contributed by atoms with Gasteiger partial charge in [-0.3, -0.25) is 9.59 Å². The smallest absolute Gasteiger partial charge is 0.224 e. The van der Waals surface area contributed by atoms with E-state index < -0.39 is 0 Å². The largest absolute Gasteiger partial charge is 0.379 e. The predicted octanol–water partition coefficient (Wildman–Crippen LogP) is 4.62.